The molecule has 0 amide bonds. The van der Waals surface area contributed by atoms with Crippen LogP contribution >= 0.6 is 11.6 Å². The van der Waals surface area contributed by atoms with Crippen molar-refractivity contribution in [2.75, 3.05) is 6.61 Å². The Morgan fingerprint density at radius 2 is 2.18 bits per heavy atom. The van der Waals surface area contributed by atoms with E-state index in [1.54, 1.807) is 12.1 Å². The lowest BCUT2D eigenvalue weighted by atomic mass is 9.96. The minimum Gasteiger partial charge on any atom is -0.378 e. The fourth-order valence-electron chi connectivity index (χ4n) is 2.72. The molecule has 1 fully saturated rings. The quantitative estimate of drug-likeness (QED) is 0.491. The van der Waals surface area contributed by atoms with Crippen LogP contribution < -0.4 is 0 Å². The number of hydrogen-bond acceptors (Lipinski definition) is 2. The fourth-order valence-corrected chi connectivity index (χ4v) is 2.84. The summed E-state index contributed by atoms with van der Waals surface area (Å²) in [7, 11) is 0. The summed E-state index contributed by atoms with van der Waals surface area (Å²) in [5.41, 5.74) is 1.60. The van der Waals surface area contributed by atoms with Gasteiger partial charge in [-0.3, -0.25) is 4.79 Å². The number of carbonyl (C=O) groups excluding carboxylic acids is 1. The summed E-state index contributed by atoms with van der Waals surface area (Å²) in [6, 6.07) is 7.19. The average Bonchev–Trinajstić information content (AvgIpc) is 3.02. The minimum atomic E-state index is -0.399. The highest BCUT2D eigenvalue weighted by atomic mass is 35.5. The summed E-state index contributed by atoms with van der Waals surface area (Å²) in [5.74, 6) is 0.791. The maximum atomic E-state index is 10.6. The number of benzene rings is 1. The zero-order chi connectivity index (χ0) is 16.4. The van der Waals surface area contributed by atoms with E-state index in [0.29, 0.717) is 11.7 Å². The van der Waals surface area contributed by atoms with Crippen LogP contribution in [0, 0.1) is 12.8 Å². The first-order valence-corrected chi connectivity index (χ1v) is 8.80. The number of unbranched alkanes of at least 4 members (excludes halogenated alkanes) is 2. The molecule has 0 spiro atoms. The van der Waals surface area contributed by atoms with E-state index < -0.39 is 5.24 Å². The lowest BCUT2D eigenvalue weighted by Gasteiger charge is -2.17. The monoisotopic (exact) mass is 324 g/mol. The third-order valence-corrected chi connectivity index (χ3v) is 4.33. The van der Waals surface area contributed by atoms with Crippen LogP contribution in [0.2, 0.25) is 0 Å². The second kappa shape index (κ2) is 10.8. The molecule has 0 aliphatic carbocycles. The van der Waals surface area contributed by atoms with Crippen LogP contribution in [0.3, 0.4) is 0 Å². The first-order valence-electron chi connectivity index (χ1n) is 8.42. The zero-order valence-corrected chi connectivity index (χ0v) is 14.9. The predicted molar refractivity (Wildman–Crippen MR) is 93.6 cm³/mol. The van der Waals surface area contributed by atoms with E-state index in [4.69, 9.17) is 16.3 Å². The number of carbonyl (C=O) groups is 1. The van der Waals surface area contributed by atoms with Crippen molar-refractivity contribution in [3.05, 3.63) is 35.4 Å². The first-order chi connectivity index (χ1) is 10.5. The average molecular weight is 325 g/mol. The fraction of sp³-hybridized carbons (Fsp3) is 0.632. The number of halogens is 1. The van der Waals surface area contributed by atoms with Gasteiger partial charge in [-0.2, -0.15) is 0 Å². The molecule has 1 aromatic rings. The second-order valence-electron chi connectivity index (χ2n) is 6.17. The van der Waals surface area contributed by atoms with Crippen LogP contribution in [0.25, 0.3) is 0 Å². The van der Waals surface area contributed by atoms with Crippen LogP contribution in [0.15, 0.2) is 24.3 Å². The molecule has 1 heterocycles. The molecular formula is C19H29ClO2. The molecule has 2 unspecified atom stereocenters. The molecule has 2 atom stereocenters. The third kappa shape index (κ3) is 7.42. The molecule has 0 N–H and O–H groups in total. The molecule has 1 saturated heterocycles. The maximum Gasteiger partial charge on any atom is 0.252 e. The topological polar surface area (TPSA) is 26.3 Å². The highest BCUT2D eigenvalue weighted by Gasteiger charge is 2.21. The maximum absolute atomic E-state index is 10.6. The van der Waals surface area contributed by atoms with Gasteiger partial charge >= 0.3 is 0 Å². The van der Waals surface area contributed by atoms with E-state index in [9.17, 15) is 4.79 Å². The lowest BCUT2D eigenvalue weighted by Crippen LogP contribution is -2.16. The normalized spacial score (nSPS) is 18.5. The molecule has 0 saturated carbocycles. The molecule has 0 radical (unpaired) electrons. The molecular weight excluding hydrogens is 296 g/mol. The zero-order valence-electron chi connectivity index (χ0n) is 14.1. The summed E-state index contributed by atoms with van der Waals surface area (Å²) < 4.78 is 5.65. The van der Waals surface area contributed by atoms with Gasteiger partial charge < -0.3 is 4.74 Å². The Morgan fingerprint density at radius 3 is 2.68 bits per heavy atom. The number of rotatable bonds is 6. The van der Waals surface area contributed by atoms with Crippen molar-refractivity contribution < 1.29 is 9.53 Å². The molecule has 124 valence electrons. The van der Waals surface area contributed by atoms with Crippen LogP contribution in [-0.2, 0) is 4.74 Å². The molecule has 22 heavy (non-hydrogen) atoms. The van der Waals surface area contributed by atoms with Gasteiger partial charge in [-0.25, -0.2) is 0 Å². The molecule has 2 rings (SSSR count). The van der Waals surface area contributed by atoms with Crippen LogP contribution in [0.5, 0.6) is 0 Å². The van der Waals surface area contributed by atoms with Gasteiger partial charge in [0, 0.05) is 12.2 Å². The van der Waals surface area contributed by atoms with Gasteiger partial charge in [-0.05, 0) is 49.8 Å². The van der Waals surface area contributed by atoms with Crippen LogP contribution in [0.4, 0.5) is 0 Å². The standard InChI is InChI=1S/C11H22O.C8H7ClO/c1-3-4-5-7-10(2)11-8-6-9-12-11;1-6-3-2-4-7(5-6)8(9)10/h10-11H,3-9H2,1-2H3;2-5H,1H3. The Morgan fingerprint density at radius 1 is 1.41 bits per heavy atom. The lowest BCUT2D eigenvalue weighted by molar-refractivity contribution is 0.0654. The van der Waals surface area contributed by atoms with Crippen molar-refractivity contribution in [2.45, 2.75) is 65.4 Å². The Balaban J connectivity index is 0.000000224. The van der Waals surface area contributed by atoms with E-state index in [1.807, 2.05) is 19.1 Å². The van der Waals surface area contributed by atoms with Crippen LogP contribution in [0.1, 0.15) is 68.3 Å². The van der Waals surface area contributed by atoms with Crippen LogP contribution in [-0.4, -0.2) is 18.0 Å². The van der Waals surface area contributed by atoms with Crippen molar-refractivity contribution in [1.82, 2.24) is 0 Å². The first kappa shape index (κ1) is 19.2. The molecule has 1 aromatic carbocycles. The van der Waals surface area contributed by atoms with Crippen molar-refractivity contribution in [3.8, 4) is 0 Å². The third-order valence-electron chi connectivity index (χ3n) is 4.11. The molecule has 1 aliphatic heterocycles. The molecule has 2 nitrogen and oxygen atoms in total. The van der Waals surface area contributed by atoms with E-state index in [2.05, 4.69) is 13.8 Å². The van der Waals surface area contributed by atoms with Crippen molar-refractivity contribution in [2.24, 2.45) is 5.92 Å². The number of ether oxygens (including phenoxy) is 1. The Labute approximate surface area is 140 Å². The SMILES string of the molecule is CCCCCC(C)C1CCCO1.Cc1cccc(C(=O)Cl)c1. The van der Waals surface area contributed by atoms with Gasteiger partial charge in [0.15, 0.2) is 0 Å². The van der Waals surface area contributed by atoms with E-state index in [1.165, 1.54) is 38.5 Å². The molecule has 3 heteroatoms. The number of aryl methyl sites for hydroxylation is 1. The van der Waals surface area contributed by atoms with Gasteiger partial charge in [-0.15, -0.1) is 0 Å². The summed E-state index contributed by atoms with van der Waals surface area (Å²) in [4.78, 5) is 10.6. The number of hydrogen-bond donors (Lipinski definition) is 0. The Kier molecular flexibility index (Phi) is 9.42. The van der Waals surface area contributed by atoms with E-state index >= 15 is 0 Å². The van der Waals surface area contributed by atoms with Gasteiger partial charge in [0.05, 0.1) is 6.10 Å². The Bertz CT molecular complexity index is 439. The summed E-state index contributed by atoms with van der Waals surface area (Å²) in [6.07, 6.45) is 8.63. The van der Waals surface area contributed by atoms with Gasteiger partial charge in [0.25, 0.3) is 5.24 Å². The van der Waals surface area contributed by atoms with Gasteiger partial charge in [0.1, 0.15) is 0 Å². The summed E-state index contributed by atoms with van der Waals surface area (Å²) >= 11 is 5.24. The molecule has 0 aromatic heterocycles. The van der Waals surface area contributed by atoms with E-state index in [0.717, 1.165) is 18.1 Å². The highest BCUT2D eigenvalue weighted by Crippen LogP contribution is 2.24. The predicted octanol–water partition coefficient (Wildman–Crippen LogP) is 5.76. The summed E-state index contributed by atoms with van der Waals surface area (Å²) in [5, 5.41) is -0.399. The van der Waals surface area contributed by atoms with Gasteiger partial charge in [0.2, 0.25) is 0 Å². The van der Waals surface area contributed by atoms with Crippen molar-refractivity contribution in [1.29, 1.82) is 0 Å². The van der Waals surface area contributed by atoms with Crippen molar-refractivity contribution in [3.63, 3.8) is 0 Å². The largest absolute Gasteiger partial charge is 0.378 e. The Hall–Kier alpha value is -0.860. The second-order valence-corrected chi connectivity index (χ2v) is 6.51. The molecule has 1 aliphatic rings. The smallest absolute Gasteiger partial charge is 0.252 e. The minimum absolute atomic E-state index is 0.399. The molecule has 0 bridgehead atoms. The van der Waals surface area contributed by atoms with E-state index in [-0.39, 0.29) is 0 Å². The summed E-state index contributed by atoms with van der Waals surface area (Å²) in [6.45, 7) is 7.52. The van der Waals surface area contributed by atoms with Gasteiger partial charge in [-0.1, -0.05) is 56.9 Å². The van der Waals surface area contributed by atoms with Crippen molar-refractivity contribution >= 4 is 16.8 Å². The highest BCUT2D eigenvalue weighted by molar-refractivity contribution is 6.67.